The predicted molar refractivity (Wildman–Crippen MR) is 144 cm³/mol. The van der Waals surface area contributed by atoms with Crippen molar-refractivity contribution in [1.82, 2.24) is 0 Å². The van der Waals surface area contributed by atoms with Crippen molar-refractivity contribution in [2.75, 3.05) is 0 Å². The lowest BCUT2D eigenvalue weighted by Gasteiger charge is -2.32. The van der Waals surface area contributed by atoms with Crippen LogP contribution in [0, 0.1) is 23.1 Å². The number of aryl methyl sites for hydroxylation is 1. The molecule has 1 heterocycles. The molecular formula is C31H35F2NSi. The van der Waals surface area contributed by atoms with Crippen LogP contribution in [0.3, 0.4) is 0 Å². The lowest BCUT2D eigenvalue weighted by Crippen LogP contribution is -2.33. The molecule has 0 amide bonds. The summed E-state index contributed by atoms with van der Waals surface area (Å²) in [7, 11) is -2.45. The monoisotopic (exact) mass is 487 g/mol. The zero-order chi connectivity index (χ0) is 24.7. The first-order chi connectivity index (χ1) is 17.0. The highest BCUT2D eigenvalue weighted by atomic mass is 28.4. The number of hydrogen-bond acceptors (Lipinski definition) is 1. The van der Waals surface area contributed by atoms with Crippen LogP contribution in [0.5, 0.6) is 0 Å². The van der Waals surface area contributed by atoms with E-state index in [9.17, 15) is 4.39 Å². The molecule has 3 aromatic carbocycles. The molecule has 1 aliphatic rings. The molecule has 4 rings (SSSR count). The van der Waals surface area contributed by atoms with Crippen molar-refractivity contribution >= 4 is 8.41 Å². The van der Waals surface area contributed by atoms with Crippen molar-refractivity contribution in [3.05, 3.63) is 83.7 Å². The van der Waals surface area contributed by atoms with Gasteiger partial charge in [0.2, 0.25) is 8.41 Å². The van der Waals surface area contributed by atoms with E-state index in [4.69, 9.17) is 5.26 Å². The van der Waals surface area contributed by atoms with Gasteiger partial charge in [0, 0.05) is 5.56 Å². The molecule has 4 heteroatoms. The number of hydrogen-bond donors (Lipinski definition) is 0. The molecule has 1 fully saturated rings. The van der Waals surface area contributed by atoms with E-state index in [2.05, 4.69) is 25.1 Å². The van der Waals surface area contributed by atoms with Crippen molar-refractivity contribution in [3.8, 4) is 28.3 Å². The molecule has 1 saturated heterocycles. The summed E-state index contributed by atoms with van der Waals surface area (Å²) in [6.07, 6.45) is 7.66. The Morgan fingerprint density at radius 1 is 0.886 bits per heavy atom. The maximum atomic E-state index is 15.1. The molecule has 1 nitrogen and oxygen atoms in total. The number of nitriles is 1. The molecule has 35 heavy (non-hydrogen) atoms. The van der Waals surface area contributed by atoms with E-state index in [1.54, 1.807) is 18.2 Å². The van der Waals surface area contributed by atoms with E-state index in [1.165, 1.54) is 18.4 Å². The van der Waals surface area contributed by atoms with Crippen LogP contribution in [-0.4, -0.2) is 8.41 Å². The first kappa shape index (κ1) is 25.3. The normalized spacial score (nSPS) is 19.9. The maximum absolute atomic E-state index is 15.1. The van der Waals surface area contributed by atoms with Gasteiger partial charge < -0.3 is 4.11 Å². The molecule has 0 N–H and O–H groups in total. The second-order valence-corrected chi connectivity index (χ2v) is 14.0. The van der Waals surface area contributed by atoms with Crippen LogP contribution in [0.4, 0.5) is 8.50 Å². The number of nitrogens with zero attached hydrogens (tertiary/aromatic N) is 1. The summed E-state index contributed by atoms with van der Waals surface area (Å²) in [5.74, 6) is 0.393. The zero-order valence-electron chi connectivity index (χ0n) is 20.7. The second kappa shape index (κ2) is 11.8. The number of rotatable bonds is 9. The predicted octanol–water partition coefficient (Wildman–Crippen LogP) is 9.48. The molecule has 182 valence electrons. The summed E-state index contributed by atoms with van der Waals surface area (Å²) in [5, 5.41) is 8.95. The molecule has 0 bridgehead atoms. The third kappa shape index (κ3) is 6.67. The first-order valence-corrected chi connectivity index (χ1v) is 15.6. The van der Waals surface area contributed by atoms with Gasteiger partial charge >= 0.3 is 0 Å². The first-order valence-electron chi connectivity index (χ1n) is 13.1. The summed E-state index contributed by atoms with van der Waals surface area (Å²) < 4.78 is 30.1. The lowest BCUT2D eigenvalue weighted by atomic mass is 9.93. The summed E-state index contributed by atoms with van der Waals surface area (Å²) in [6.45, 7) is 2.18. The Kier molecular flexibility index (Phi) is 8.52. The quantitative estimate of drug-likeness (QED) is 0.167. The topological polar surface area (TPSA) is 23.8 Å². The fraction of sp³-hybridized carbons (Fsp3) is 0.387. The highest BCUT2D eigenvalue weighted by molar-refractivity contribution is 6.73. The molecule has 0 aliphatic carbocycles. The van der Waals surface area contributed by atoms with Crippen LogP contribution in [0.1, 0.15) is 56.6 Å². The van der Waals surface area contributed by atoms with Gasteiger partial charge in [-0.15, -0.1) is 0 Å². The van der Waals surface area contributed by atoms with Crippen LogP contribution >= 0.6 is 0 Å². The summed E-state index contributed by atoms with van der Waals surface area (Å²) >= 11 is 0. The third-order valence-corrected chi connectivity index (χ3v) is 11.3. The van der Waals surface area contributed by atoms with Gasteiger partial charge in [0.25, 0.3) is 0 Å². The van der Waals surface area contributed by atoms with E-state index in [-0.39, 0.29) is 5.82 Å². The van der Waals surface area contributed by atoms with Gasteiger partial charge in [0.1, 0.15) is 5.82 Å². The summed E-state index contributed by atoms with van der Waals surface area (Å²) in [6, 6.07) is 25.4. The minimum Gasteiger partial charge on any atom is -0.314 e. The molecule has 0 aromatic heterocycles. The van der Waals surface area contributed by atoms with E-state index < -0.39 is 8.41 Å². The van der Waals surface area contributed by atoms with E-state index in [0.29, 0.717) is 17.0 Å². The smallest absolute Gasteiger partial charge is 0.247 e. The van der Waals surface area contributed by atoms with Gasteiger partial charge in [0.05, 0.1) is 11.6 Å². The van der Waals surface area contributed by atoms with E-state index >= 15 is 4.11 Å². The molecule has 1 aliphatic heterocycles. The SMILES string of the molecule is CCCCC[Si]1(F)CCC(CCc2ccc(-c3ccc(-c4ccc(C#N)cc4)cc3F)cc2)CC1. The number of halogens is 2. The number of benzene rings is 3. The highest BCUT2D eigenvalue weighted by Gasteiger charge is 2.37. The standard InChI is InChI=1S/C31H35F2NSi/c1-2-3-4-19-35(33)20-17-25(18-21-35)6-5-24-7-13-28(14-8-24)30-16-15-29(22-31(30)32)27-11-9-26(23-34)10-12-27/h7-16,22,25H,2-6,17-21H2,1H3. The van der Waals surface area contributed by atoms with Crippen molar-refractivity contribution in [1.29, 1.82) is 5.26 Å². The van der Waals surface area contributed by atoms with Gasteiger partial charge in [-0.2, -0.15) is 5.26 Å². The van der Waals surface area contributed by atoms with Crippen LogP contribution in [0.15, 0.2) is 66.7 Å². The minimum atomic E-state index is -2.45. The van der Waals surface area contributed by atoms with Gasteiger partial charge in [-0.05, 0) is 77.3 Å². The maximum Gasteiger partial charge on any atom is 0.247 e. The van der Waals surface area contributed by atoms with Crippen molar-refractivity contribution in [2.24, 2.45) is 5.92 Å². The molecule has 0 spiro atoms. The van der Waals surface area contributed by atoms with E-state index in [1.807, 2.05) is 36.4 Å². The highest BCUT2D eigenvalue weighted by Crippen LogP contribution is 2.39. The largest absolute Gasteiger partial charge is 0.314 e. The summed E-state index contributed by atoms with van der Waals surface area (Å²) in [5.41, 5.74) is 5.01. The molecule has 0 saturated carbocycles. The lowest BCUT2D eigenvalue weighted by molar-refractivity contribution is 0.418. The third-order valence-electron chi connectivity index (χ3n) is 7.65. The fourth-order valence-electron chi connectivity index (χ4n) is 5.31. The van der Waals surface area contributed by atoms with Gasteiger partial charge in [-0.25, -0.2) is 4.39 Å². The van der Waals surface area contributed by atoms with Gasteiger partial charge in [0.15, 0.2) is 0 Å². The van der Waals surface area contributed by atoms with Crippen LogP contribution in [0.25, 0.3) is 22.3 Å². The Hall–Kier alpha value is -2.77. The molecule has 0 radical (unpaired) electrons. The zero-order valence-corrected chi connectivity index (χ0v) is 21.7. The van der Waals surface area contributed by atoms with Crippen LogP contribution < -0.4 is 0 Å². The Balaban J connectivity index is 1.32. The average Bonchev–Trinajstić information content (AvgIpc) is 2.89. The Morgan fingerprint density at radius 3 is 2.17 bits per heavy atom. The van der Waals surface area contributed by atoms with Crippen molar-refractivity contribution < 1.29 is 8.50 Å². The molecule has 0 unspecified atom stereocenters. The molecule has 3 aromatic rings. The Morgan fingerprint density at radius 2 is 1.54 bits per heavy atom. The fourth-order valence-corrected chi connectivity index (χ4v) is 8.80. The number of unbranched alkanes of at least 4 members (excludes halogenated alkanes) is 2. The average molecular weight is 488 g/mol. The molecule has 0 atom stereocenters. The Labute approximate surface area is 210 Å². The van der Waals surface area contributed by atoms with Gasteiger partial charge in [-0.3, -0.25) is 0 Å². The Bertz CT molecular complexity index is 1140. The van der Waals surface area contributed by atoms with E-state index in [0.717, 1.165) is 66.9 Å². The second-order valence-electron chi connectivity index (χ2n) is 10.2. The van der Waals surface area contributed by atoms with Crippen LogP contribution in [-0.2, 0) is 6.42 Å². The van der Waals surface area contributed by atoms with Gasteiger partial charge in [-0.1, -0.05) is 87.6 Å². The summed E-state index contributed by atoms with van der Waals surface area (Å²) in [4.78, 5) is 0. The van der Waals surface area contributed by atoms with Crippen molar-refractivity contribution in [2.45, 2.75) is 70.0 Å². The minimum absolute atomic E-state index is 0.250. The van der Waals surface area contributed by atoms with Crippen LogP contribution in [0.2, 0.25) is 18.1 Å². The van der Waals surface area contributed by atoms with Crippen molar-refractivity contribution in [3.63, 3.8) is 0 Å². The molecular weight excluding hydrogens is 452 g/mol.